The van der Waals surface area contributed by atoms with Gasteiger partial charge in [0.25, 0.3) is 0 Å². The van der Waals surface area contributed by atoms with Gasteiger partial charge in [0, 0.05) is 51.6 Å². The van der Waals surface area contributed by atoms with Crippen molar-refractivity contribution in [3.63, 3.8) is 0 Å². The molecule has 0 spiro atoms. The van der Waals surface area contributed by atoms with E-state index in [1.165, 1.54) is 72.0 Å². The van der Waals surface area contributed by atoms with Crippen LogP contribution in [0.1, 0.15) is 25.0 Å². The van der Waals surface area contributed by atoms with Crippen molar-refractivity contribution in [3.05, 3.63) is 187 Å². The van der Waals surface area contributed by atoms with Gasteiger partial charge in [-0.05, 0) is 105 Å². The summed E-state index contributed by atoms with van der Waals surface area (Å²) in [4.78, 5) is 8.83. The highest BCUT2D eigenvalue weighted by atomic mass is 15.0. The fraction of sp³-hybridized carbons (Fsp3) is 0.0612. The molecule has 0 saturated heterocycles. The zero-order valence-electron chi connectivity index (χ0n) is 29.1. The number of hydrogen-bond acceptors (Lipinski definition) is 2. The molecule has 0 unspecified atom stereocenters. The summed E-state index contributed by atoms with van der Waals surface area (Å²) in [5, 5.41) is 2.56. The van der Waals surface area contributed by atoms with Crippen molar-refractivity contribution >= 4 is 21.8 Å². The molecule has 0 radical (unpaired) electrons. The SMILES string of the molecule is CC1(C)c2cc(-c3ccc(-c4ccc(-c5ccncc5)nc4)cc3)ccc2-c2ccc(-c3ccc(-n4c5ccccc5c5ccccc54)cc3)cc21. The lowest BCUT2D eigenvalue weighted by Gasteiger charge is -2.22. The smallest absolute Gasteiger partial charge is 0.0703 e. The second-order valence-electron chi connectivity index (χ2n) is 14.3. The summed E-state index contributed by atoms with van der Waals surface area (Å²) in [6.45, 7) is 4.73. The molecule has 3 nitrogen and oxygen atoms in total. The van der Waals surface area contributed by atoms with E-state index in [1.54, 1.807) is 12.4 Å². The molecule has 0 fully saturated rings. The van der Waals surface area contributed by atoms with Gasteiger partial charge in [0.1, 0.15) is 0 Å². The van der Waals surface area contributed by atoms with E-state index in [-0.39, 0.29) is 5.41 Å². The maximum Gasteiger partial charge on any atom is 0.0703 e. The molecule has 0 aliphatic heterocycles. The van der Waals surface area contributed by atoms with Crippen molar-refractivity contribution < 1.29 is 0 Å². The first kappa shape index (κ1) is 30.3. The average Bonchev–Trinajstić information content (AvgIpc) is 3.66. The number of aromatic nitrogens is 3. The van der Waals surface area contributed by atoms with Gasteiger partial charge < -0.3 is 4.57 Å². The van der Waals surface area contributed by atoms with Gasteiger partial charge in [0.05, 0.1) is 16.7 Å². The van der Waals surface area contributed by atoms with Crippen molar-refractivity contribution in [2.45, 2.75) is 19.3 Å². The van der Waals surface area contributed by atoms with Gasteiger partial charge in [-0.2, -0.15) is 0 Å². The van der Waals surface area contributed by atoms with E-state index >= 15 is 0 Å². The quantitative estimate of drug-likeness (QED) is 0.183. The molecule has 52 heavy (non-hydrogen) atoms. The van der Waals surface area contributed by atoms with E-state index in [0.717, 1.165) is 22.4 Å². The van der Waals surface area contributed by atoms with E-state index in [9.17, 15) is 0 Å². The van der Waals surface area contributed by atoms with Crippen LogP contribution in [0.3, 0.4) is 0 Å². The van der Waals surface area contributed by atoms with Crippen LogP contribution < -0.4 is 0 Å². The van der Waals surface area contributed by atoms with Crippen molar-refractivity contribution in [1.29, 1.82) is 0 Å². The van der Waals surface area contributed by atoms with Gasteiger partial charge in [-0.1, -0.05) is 117 Å². The van der Waals surface area contributed by atoms with Crippen LogP contribution in [-0.4, -0.2) is 14.5 Å². The Kier molecular flexibility index (Phi) is 6.84. The van der Waals surface area contributed by atoms with E-state index in [4.69, 9.17) is 4.98 Å². The van der Waals surface area contributed by atoms with Crippen LogP contribution in [0.5, 0.6) is 0 Å². The molecule has 9 aromatic rings. The highest BCUT2D eigenvalue weighted by Crippen LogP contribution is 2.50. The normalized spacial score (nSPS) is 13.0. The Morgan fingerprint density at radius 3 is 1.46 bits per heavy atom. The van der Waals surface area contributed by atoms with Crippen LogP contribution >= 0.6 is 0 Å². The highest BCUT2D eigenvalue weighted by Gasteiger charge is 2.36. The van der Waals surface area contributed by atoms with Crippen LogP contribution in [0, 0.1) is 0 Å². The Labute approximate surface area is 303 Å². The third-order valence-corrected chi connectivity index (χ3v) is 11.0. The molecule has 0 saturated carbocycles. The van der Waals surface area contributed by atoms with E-state index in [2.05, 4.69) is 169 Å². The molecule has 10 rings (SSSR count). The van der Waals surface area contributed by atoms with Crippen LogP contribution in [0.4, 0.5) is 0 Å². The Hall–Kier alpha value is -6.58. The molecular weight excluding hydrogens is 631 g/mol. The first-order chi connectivity index (χ1) is 25.5. The summed E-state index contributed by atoms with van der Waals surface area (Å²) in [7, 11) is 0. The topological polar surface area (TPSA) is 30.7 Å². The fourth-order valence-electron chi connectivity index (χ4n) is 8.21. The zero-order valence-corrected chi connectivity index (χ0v) is 29.1. The van der Waals surface area contributed by atoms with Crippen molar-refractivity contribution in [3.8, 4) is 61.5 Å². The third-order valence-electron chi connectivity index (χ3n) is 11.0. The Morgan fingerprint density at radius 2 is 0.923 bits per heavy atom. The van der Waals surface area contributed by atoms with Crippen LogP contribution in [0.2, 0.25) is 0 Å². The van der Waals surface area contributed by atoms with E-state index < -0.39 is 0 Å². The fourth-order valence-corrected chi connectivity index (χ4v) is 8.21. The van der Waals surface area contributed by atoms with E-state index in [1.807, 2.05) is 18.3 Å². The lowest BCUT2D eigenvalue weighted by molar-refractivity contribution is 0.661. The van der Waals surface area contributed by atoms with Crippen LogP contribution in [-0.2, 0) is 5.41 Å². The summed E-state index contributed by atoms with van der Waals surface area (Å²) >= 11 is 0. The van der Waals surface area contributed by atoms with Gasteiger partial charge in [-0.25, -0.2) is 0 Å². The van der Waals surface area contributed by atoms with Gasteiger partial charge in [0.15, 0.2) is 0 Å². The summed E-state index contributed by atoms with van der Waals surface area (Å²) in [5.41, 5.74) is 18.1. The predicted molar refractivity (Wildman–Crippen MR) is 216 cm³/mol. The summed E-state index contributed by atoms with van der Waals surface area (Å²) in [6, 6.07) is 57.4. The molecule has 0 amide bonds. The van der Waals surface area contributed by atoms with Gasteiger partial charge in [-0.3, -0.25) is 9.97 Å². The summed E-state index contributed by atoms with van der Waals surface area (Å²) in [5.74, 6) is 0. The maximum atomic E-state index is 4.71. The number of para-hydroxylation sites is 2. The highest BCUT2D eigenvalue weighted by molar-refractivity contribution is 6.09. The maximum absolute atomic E-state index is 4.71. The van der Waals surface area contributed by atoms with E-state index in [0.29, 0.717) is 0 Å². The lowest BCUT2D eigenvalue weighted by Crippen LogP contribution is -2.15. The standard InChI is InChI=1S/C49H35N3/c1-49(2)44-29-36(32-11-13-34(14-12-32)38-19-24-46(51-31-38)35-25-27-50-28-26-35)17-22-40(44)41-23-18-37(30-45(41)49)33-15-20-39(21-16-33)52-47-9-5-3-7-42(47)43-8-4-6-10-48(43)52/h3-31H,1-2H3. The molecule has 0 atom stereocenters. The number of hydrogen-bond donors (Lipinski definition) is 0. The Balaban J connectivity index is 0.929. The zero-order chi connectivity index (χ0) is 34.8. The minimum atomic E-state index is -0.123. The monoisotopic (exact) mass is 665 g/mol. The van der Waals surface area contributed by atoms with Gasteiger partial charge in [0.2, 0.25) is 0 Å². The molecule has 0 N–H and O–H groups in total. The molecule has 3 heterocycles. The molecule has 3 heteroatoms. The third kappa shape index (κ3) is 4.81. The number of pyridine rings is 2. The molecule has 1 aliphatic carbocycles. The van der Waals surface area contributed by atoms with Gasteiger partial charge >= 0.3 is 0 Å². The average molecular weight is 666 g/mol. The molecule has 0 bridgehead atoms. The number of benzene rings is 6. The Bertz CT molecular complexity index is 2720. The van der Waals surface area contributed by atoms with Crippen LogP contribution in [0.15, 0.2) is 176 Å². The molecule has 246 valence electrons. The molecular formula is C49H35N3. The molecule has 6 aromatic carbocycles. The summed E-state index contributed by atoms with van der Waals surface area (Å²) in [6.07, 6.45) is 5.55. The van der Waals surface area contributed by atoms with Crippen molar-refractivity contribution in [1.82, 2.24) is 14.5 Å². The largest absolute Gasteiger partial charge is 0.309 e. The minimum Gasteiger partial charge on any atom is -0.309 e. The predicted octanol–water partition coefficient (Wildman–Crippen LogP) is 12.5. The first-order valence-electron chi connectivity index (χ1n) is 17.9. The van der Waals surface area contributed by atoms with Crippen molar-refractivity contribution in [2.24, 2.45) is 0 Å². The summed E-state index contributed by atoms with van der Waals surface area (Å²) < 4.78 is 2.38. The number of fused-ring (bicyclic) bond motifs is 6. The van der Waals surface area contributed by atoms with Gasteiger partial charge in [-0.15, -0.1) is 0 Å². The lowest BCUT2D eigenvalue weighted by atomic mass is 9.81. The second kappa shape index (κ2) is 11.8. The number of rotatable bonds is 5. The number of nitrogens with zero attached hydrogens (tertiary/aromatic N) is 3. The van der Waals surface area contributed by atoms with Crippen LogP contribution in [0.25, 0.3) is 83.3 Å². The minimum absolute atomic E-state index is 0.123. The van der Waals surface area contributed by atoms with Crippen molar-refractivity contribution in [2.75, 3.05) is 0 Å². The Morgan fingerprint density at radius 1 is 0.442 bits per heavy atom. The molecule has 1 aliphatic rings. The molecule has 3 aromatic heterocycles. The second-order valence-corrected chi connectivity index (χ2v) is 14.3. The first-order valence-corrected chi connectivity index (χ1v) is 17.9.